The second kappa shape index (κ2) is 13.5. The zero-order chi connectivity index (χ0) is 33.7. The first-order valence-electron chi connectivity index (χ1n) is 14.1. The van der Waals surface area contributed by atoms with Crippen molar-refractivity contribution in [2.75, 3.05) is 40.5 Å². The zero-order valence-corrected chi connectivity index (χ0v) is 25.7. The van der Waals surface area contributed by atoms with Gasteiger partial charge in [-0.2, -0.15) is 13.2 Å². The molecule has 15 heteroatoms. The van der Waals surface area contributed by atoms with Crippen LogP contribution in [0.1, 0.15) is 16.7 Å². The van der Waals surface area contributed by atoms with Crippen molar-refractivity contribution in [2.45, 2.75) is 20.0 Å². The van der Waals surface area contributed by atoms with Crippen LogP contribution in [0.15, 0.2) is 85.5 Å². The first kappa shape index (κ1) is 32.3. The van der Waals surface area contributed by atoms with Crippen LogP contribution in [0.4, 0.5) is 46.7 Å². The first-order valence-corrected chi connectivity index (χ1v) is 14.1. The third-order valence-corrected chi connectivity index (χ3v) is 6.82. The van der Waals surface area contributed by atoms with E-state index in [2.05, 4.69) is 30.6 Å². The lowest BCUT2D eigenvalue weighted by Gasteiger charge is -2.33. The van der Waals surface area contributed by atoms with E-state index in [1.165, 1.54) is 40.9 Å². The van der Waals surface area contributed by atoms with E-state index in [4.69, 9.17) is 15.2 Å². The highest BCUT2D eigenvalue weighted by Gasteiger charge is 2.31. The van der Waals surface area contributed by atoms with Gasteiger partial charge in [-0.25, -0.2) is 29.7 Å². The number of alkyl halides is 3. The van der Waals surface area contributed by atoms with E-state index in [1.54, 1.807) is 63.5 Å². The highest BCUT2D eigenvalue weighted by molar-refractivity contribution is 6.03. The van der Waals surface area contributed by atoms with Gasteiger partial charge in [0.15, 0.2) is 5.82 Å². The van der Waals surface area contributed by atoms with Crippen LogP contribution < -0.4 is 35.9 Å². The van der Waals surface area contributed by atoms with Crippen molar-refractivity contribution in [3.05, 3.63) is 102 Å². The van der Waals surface area contributed by atoms with Crippen LogP contribution in [0, 0.1) is 13.8 Å². The number of carbonyl (C=O) groups is 1. The number of amides is 2. The van der Waals surface area contributed by atoms with Crippen LogP contribution in [0.25, 0.3) is 0 Å². The van der Waals surface area contributed by atoms with Gasteiger partial charge in [0.05, 0.1) is 11.3 Å². The van der Waals surface area contributed by atoms with Crippen LogP contribution >= 0.6 is 0 Å². The van der Waals surface area contributed by atoms with Gasteiger partial charge >= 0.3 is 12.2 Å². The number of ether oxygens (including phenoxy) is 2. The van der Waals surface area contributed by atoms with E-state index in [0.717, 1.165) is 17.7 Å². The molecular weight excluding hydrogens is 615 g/mol. The Kier molecular flexibility index (Phi) is 9.26. The minimum atomic E-state index is -4.60. The largest absolute Gasteiger partial charge is 0.439 e. The number of nitrogens with two attached hydrogens (primary N) is 1. The Hall–Kier alpha value is -6.12. The maximum Gasteiger partial charge on any atom is 0.416 e. The summed E-state index contributed by atoms with van der Waals surface area (Å²) < 4.78 is 52.1. The van der Waals surface area contributed by atoms with Crippen LogP contribution in [0.3, 0.4) is 0 Å². The zero-order valence-electron chi connectivity index (χ0n) is 25.7. The summed E-state index contributed by atoms with van der Waals surface area (Å²) in [4.78, 5) is 30.5. The molecule has 0 saturated heterocycles. The maximum absolute atomic E-state index is 13.8. The van der Waals surface area contributed by atoms with E-state index in [1.807, 2.05) is 6.92 Å². The summed E-state index contributed by atoms with van der Waals surface area (Å²) in [6, 6.07) is 16.8. The Morgan fingerprint density at radius 3 is 2.15 bits per heavy atom. The molecule has 0 bridgehead atoms. The quantitative estimate of drug-likeness (QED) is 0.111. The number of nitrogen functional groups attached to an aromatic ring is 1. The fraction of sp³-hybridized carbons (Fsp3) is 0.156. The number of benzene rings is 3. The van der Waals surface area contributed by atoms with Crippen LogP contribution in [0.2, 0.25) is 0 Å². The number of urea groups is 1. The van der Waals surface area contributed by atoms with Gasteiger partial charge in [-0.15, -0.1) is 0 Å². The number of hydrogen-bond acceptors (Lipinski definition) is 10. The number of halogens is 3. The molecule has 0 saturated carbocycles. The van der Waals surface area contributed by atoms with Gasteiger partial charge in [0.2, 0.25) is 11.8 Å². The minimum Gasteiger partial charge on any atom is -0.439 e. The number of hydrazine groups is 1. The highest BCUT2D eigenvalue weighted by atomic mass is 19.4. The molecule has 242 valence electrons. The molecule has 0 unspecified atom stereocenters. The van der Waals surface area contributed by atoms with Crippen molar-refractivity contribution < 1.29 is 27.4 Å². The van der Waals surface area contributed by atoms with Crippen molar-refractivity contribution in [3.63, 3.8) is 0 Å². The molecule has 5 rings (SSSR count). The van der Waals surface area contributed by atoms with Crippen molar-refractivity contribution >= 4 is 34.7 Å². The Morgan fingerprint density at radius 2 is 1.49 bits per heavy atom. The normalized spacial score (nSPS) is 11.0. The molecule has 0 aliphatic carbocycles. The molecular formula is C32H30F3N9O3. The number of aromatic nitrogens is 4. The predicted molar refractivity (Wildman–Crippen MR) is 172 cm³/mol. The van der Waals surface area contributed by atoms with E-state index < -0.39 is 17.8 Å². The summed E-state index contributed by atoms with van der Waals surface area (Å²) in [6.45, 7) is 3.60. The maximum atomic E-state index is 13.8. The molecule has 2 aromatic heterocycles. The minimum absolute atomic E-state index is 0.0606. The molecule has 0 fully saturated rings. The van der Waals surface area contributed by atoms with Crippen molar-refractivity contribution in [1.82, 2.24) is 19.9 Å². The lowest BCUT2D eigenvalue weighted by atomic mass is 10.2. The second-order valence-electron chi connectivity index (χ2n) is 10.2. The summed E-state index contributed by atoms with van der Waals surface area (Å²) in [6.07, 6.45) is -1.98. The molecule has 2 amide bonds. The lowest BCUT2D eigenvalue weighted by molar-refractivity contribution is -0.137. The van der Waals surface area contributed by atoms with Gasteiger partial charge in [-0.1, -0.05) is 6.07 Å². The van der Waals surface area contributed by atoms with Crippen molar-refractivity contribution in [1.29, 1.82) is 0 Å². The molecule has 2 heterocycles. The molecule has 12 nitrogen and oxygen atoms in total. The molecule has 5 aromatic rings. The summed E-state index contributed by atoms with van der Waals surface area (Å²) >= 11 is 0. The highest BCUT2D eigenvalue weighted by Crippen LogP contribution is 2.33. The number of nitrogens with zero attached hydrogens (tertiary/aromatic N) is 6. The molecule has 3 aromatic carbocycles. The first-order chi connectivity index (χ1) is 22.4. The van der Waals surface area contributed by atoms with E-state index in [-0.39, 0.29) is 17.4 Å². The Bertz CT molecular complexity index is 1910. The van der Waals surface area contributed by atoms with E-state index in [0.29, 0.717) is 40.1 Å². The number of hydrogen-bond donors (Lipinski definition) is 3. The molecule has 4 N–H and O–H groups in total. The fourth-order valence-electron chi connectivity index (χ4n) is 4.47. The van der Waals surface area contributed by atoms with Crippen molar-refractivity contribution in [3.8, 4) is 23.3 Å². The SMILES string of the molecule is CNc1cc(Oc2ccc(N(C(=O)Nc3cccc(C(F)(F)F)c3)N(C)c3cc(Oc4ccc(N)cc4C)ncn3)cc2C)ncn1. The average molecular weight is 646 g/mol. The number of nitrogens with one attached hydrogen (secondary N) is 2. The van der Waals surface area contributed by atoms with Gasteiger partial charge in [-0.05, 0) is 79.6 Å². The van der Waals surface area contributed by atoms with Crippen molar-refractivity contribution in [2.24, 2.45) is 0 Å². The van der Waals surface area contributed by atoms with Gasteiger partial charge in [0.25, 0.3) is 0 Å². The molecule has 0 aliphatic heterocycles. The van der Waals surface area contributed by atoms with Gasteiger partial charge in [0, 0.05) is 37.6 Å². The summed E-state index contributed by atoms with van der Waals surface area (Å²) in [7, 11) is 3.28. The average Bonchev–Trinajstić information content (AvgIpc) is 3.03. The Morgan fingerprint density at radius 1 is 0.830 bits per heavy atom. The lowest BCUT2D eigenvalue weighted by Crippen LogP contribution is -2.47. The molecule has 47 heavy (non-hydrogen) atoms. The number of anilines is 5. The topological polar surface area (TPSA) is 144 Å². The van der Waals surface area contributed by atoms with Gasteiger partial charge in [-0.3, -0.25) is 5.01 Å². The Labute approximate surface area is 268 Å². The molecule has 0 atom stereocenters. The van der Waals surface area contributed by atoms with Gasteiger partial charge in [0.1, 0.15) is 30.0 Å². The number of rotatable bonds is 9. The second-order valence-corrected chi connectivity index (χ2v) is 10.2. The van der Waals surface area contributed by atoms with Crippen LogP contribution in [-0.4, -0.2) is 40.1 Å². The standard InChI is InChI=1S/C32H30F3N9O3/c1-19-12-22(36)8-10-25(19)47-30-16-28(39-18-41-30)43(4)44(31(45)42-23-7-5-6-21(14-23)32(33,34)35)24-9-11-26(20(2)13-24)46-29-15-27(37-3)38-17-40-29/h5-18H,36H2,1-4H3,(H,42,45)(H,37,38,40). The number of aryl methyl sites for hydroxylation is 2. The summed E-state index contributed by atoms with van der Waals surface area (Å²) in [5.41, 5.74) is 7.21. The van der Waals surface area contributed by atoms with Gasteiger partial charge < -0.3 is 25.8 Å². The van der Waals surface area contributed by atoms with E-state index >= 15 is 0 Å². The third kappa shape index (κ3) is 7.76. The third-order valence-electron chi connectivity index (χ3n) is 6.82. The number of carbonyl (C=O) groups excluding carboxylic acids is 1. The Balaban J connectivity index is 1.48. The fourth-order valence-corrected chi connectivity index (χ4v) is 4.47. The monoisotopic (exact) mass is 645 g/mol. The smallest absolute Gasteiger partial charge is 0.416 e. The molecule has 0 aliphatic rings. The van der Waals surface area contributed by atoms with Crippen LogP contribution in [-0.2, 0) is 6.18 Å². The van der Waals surface area contributed by atoms with E-state index in [9.17, 15) is 18.0 Å². The molecule has 0 radical (unpaired) electrons. The predicted octanol–water partition coefficient (Wildman–Crippen LogP) is 7.20. The van der Waals surface area contributed by atoms with Crippen LogP contribution in [0.5, 0.6) is 23.3 Å². The molecule has 0 spiro atoms. The summed E-state index contributed by atoms with van der Waals surface area (Å²) in [5.74, 6) is 2.23. The summed E-state index contributed by atoms with van der Waals surface area (Å²) in [5, 5.41) is 8.09.